The molecule has 0 atom stereocenters. The Morgan fingerprint density at radius 1 is 0.365 bits per heavy atom. The maximum absolute atomic E-state index is 11.0. The summed E-state index contributed by atoms with van der Waals surface area (Å²) in [4.78, 5) is 4.39. The predicted molar refractivity (Wildman–Crippen MR) is 302 cm³/mol. The van der Waals surface area contributed by atoms with Crippen LogP contribution in [0.4, 0.5) is 34.1 Å². The Morgan fingerprint density at radius 3 is 1.18 bits per heavy atom. The molecule has 2 aliphatic carbocycles. The fourth-order valence-electron chi connectivity index (χ4n) is 12.5. The van der Waals surface area contributed by atoms with Crippen molar-refractivity contribution in [2.24, 2.45) is 0 Å². The maximum atomic E-state index is 11.0. The van der Waals surface area contributed by atoms with Crippen molar-refractivity contribution >= 4 is 88.8 Å². The van der Waals surface area contributed by atoms with Crippen molar-refractivity contribution in [2.75, 3.05) is 9.80 Å². The molecule has 0 saturated carbocycles. The number of benzene rings is 10. The Labute approximate surface area is 429 Å². The minimum atomic E-state index is -0.199. The van der Waals surface area contributed by atoms with E-state index in [0.717, 1.165) is 77.6 Å². The van der Waals surface area contributed by atoms with Gasteiger partial charge in [-0.15, -0.1) is 0 Å². The summed E-state index contributed by atoms with van der Waals surface area (Å²) >= 11 is 0. The number of nitrogens with zero attached hydrogens (tertiary/aromatic N) is 4. The van der Waals surface area contributed by atoms with Gasteiger partial charge in [0, 0.05) is 67.3 Å². The fourth-order valence-corrected chi connectivity index (χ4v) is 12.5. The van der Waals surface area contributed by atoms with Crippen LogP contribution >= 0.6 is 0 Å². The zero-order valence-electron chi connectivity index (χ0n) is 41.9. The first-order valence-electron chi connectivity index (χ1n) is 25.2. The number of hydrogen-bond acceptors (Lipinski definition) is 6. The largest absolute Gasteiger partial charge is 0.456 e. The van der Waals surface area contributed by atoms with Crippen molar-refractivity contribution < 1.29 is 8.83 Å². The van der Waals surface area contributed by atoms with Gasteiger partial charge in [0.05, 0.1) is 22.5 Å². The third-order valence-electron chi connectivity index (χ3n) is 16.1. The molecule has 14 rings (SSSR count). The summed E-state index contributed by atoms with van der Waals surface area (Å²) < 4.78 is 13.6. The summed E-state index contributed by atoms with van der Waals surface area (Å²) in [6.07, 6.45) is 0. The highest BCUT2D eigenvalue weighted by atomic mass is 16.3. The number of furan rings is 2. The standard InChI is InChI=1S/C68H48N4O2/c1-39-13-11-15-45(25-39)71(47-21-23-51-49-17-7-9-19-57(49)67(3,4)59(51)33-47)61-35-65-55(29-43(61)37-69)53-27-41-28-54-56-30-44(38-70)62(36-66(56)74-64(54)32-42(41)31-63(53)73-65)72(46-16-12-14-40(2)26-46)48-22-24-52-50-18-8-10-20-58(50)68(5,6)60(52)34-48/h7-36H,1-6H3. The minimum Gasteiger partial charge on any atom is -0.456 e. The van der Waals surface area contributed by atoms with E-state index in [1.807, 2.05) is 24.3 Å². The average molecular weight is 953 g/mol. The van der Waals surface area contributed by atoms with Gasteiger partial charge in [-0.1, -0.05) is 113 Å². The van der Waals surface area contributed by atoms with E-state index in [4.69, 9.17) is 8.83 Å². The van der Waals surface area contributed by atoms with Crippen molar-refractivity contribution in [1.29, 1.82) is 10.5 Å². The van der Waals surface area contributed by atoms with Crippen LogP contribution in [0.25, 0.3) is 76.9 Å². The number of rotatable bonds is 6. The first kappa shape index (κ1) is 43.4. The molecule has 12 aromatic rings. The van der Waals surface area contributed by atoms with Gasteiger partial charge < -0.3 is 18.6 Å². The van der Waals surface area contributed by atoms with Crippen molar-refractivity contribution in [3.8, 4) is 34.4 Å². The van der Waals surface area contributed by atoms with Crippen LogP contribution in [0.5, 0.6) is 0 Å². The van der Waals surface area contributed by atoms with Crippen LogP contribution in [-0.4, -0.2) is 0 Å². The molecule has 0 unspecified atom stereocenters. The van der Waals surface area contributed by atoms with Gasteiger partial charge in [-0.3, -0.25) is 0 Å². The number of hydrogen-bond donors (Lipinski definition) is 0. The zero-order valence-corrected chi connectivity index (χ0v) is 41.9. The Hall–Kier alpha value is -9.36. The quantitative estimate of drug-likeness (QED) is 0.165. The van der Waals surface area contributed by atoms with Gasteiger partial charge in [-0.25, -0.2) is 0 Å². The second-order valence-corrected chi connectivity index (χ2v) is 21.4. The second-order valence-electron chi connectivity index (χ2n) is 21.4. The third-order valence-corrected chi connectivity index (χ3v) is 16.1. The van der Waals surface area contributed by atoms with Crippen LogP contribution in [0.1, 0.15) is 72.2 Å². The highest BCUT2D eigenvalue weighted by Gasteiger charge is 2.37. The van der Waals surface area contributed by atoms with Crippen molar-refractivity contribution in [2.45, 2.75) is 52.4 Å². The summed E-state index contributed by atoms with van der Waals surface area (Å²) in [6.45, 7) is 13.4. The lowest BCUT2D eigenvalue weighted by Gasteiger charge is -2.29. The summed E-state index contributed by atoms with van der Waals surface area (Å²) in [5.74, 6) is 0. The van der Waals surface area contributed by atoms with E-state index in [-0.39, 0.29) is 10.8 Å². The summed E-state index contributed by atoms with van der Waals surface area (Å²) in [5, 5.41) is 27.5. The molecular formula is C68H48N4O2. The molecule has 0 aliphatic heterocycles. The first-order chi connectivity index (χ1) is 35.9. The van der Waals surface area contributed by atoms with Gasteiger partial charge in [0.1, 0.15) is 34.5 Å². The summed E-state index contributed by atoms with van der Waals surface area (Å²) in [6, 6.07) is 69.2. The smallest absolute Gasteiger partial charge is 0.137 e. The third kappa shape index (κ3) is 6.28. The normalized spacial score (nSPS) is 13.7. The molecule has 0 radical (unpaired) electrons. The predicted octanol–water partition coefficient (Wildman–Crippen LogP) is 18.6. The van der Waals surface area contributed by atoms with Gasteiger partial charge in [0.2, 0.25) is 0 Å². The van der Waals surface area contributed by atoms with Gasteiger partial charge in [0.25, 0.3) is 0 Å². The lowest BCUT2D eigenvalue weighted by Crippen LogP contribution is -2.17. The molecule has 352 valence electrons. The number of aryl methyl sites for hydroxylation is 2. The second kappa shape index (κ2) is 15.6. The maximum Gasteiger partial charge on any atom is 0.137 e. The van der Waals surface area contributed by atoms with Crippen LogP contribution < -0.4 is 9.80 Å². The fraction of sp³-hybridized carbons (Fsp3) is 0.118. The van der Waals surface area contributed by atoms with Crippen molar-refractivity contribution in [3.05, 3.63) is 226 Å². The lowest BCUT2D eigenvalue weighted by atomic mass is 9.82. The molecule has 2 aromatic heterocycles. The monoisotopic (exact) mass is 952 g/mol. The number of anilines is 6. The zero-order chi connectivity index (χ0) is 50.4. The van der Waals surface area contributed by atoms with Crippen LogP contribution in [0, 0.1) is 36.5 Å². The first-order valence-corrected chi connectivity index (χ1v) is 25.2. The van der Waals surface area contributed by atoms with Crippen molar-refractivity contribution in [1.82, 2.24) is 0 Å². The molecule has 10 aromatic carbocycles. The highest BCUT2D eigenvalue weighted by Crippen LogP contribution is 2.53. The Kier molecular flexibility index (Phi) is 9.14. The van der Waals surface area contributed by atoms with Crippen LogP contribution in [0.15, 0.2) is 191 Å². The van der Waals surface area contributed by atoms with E-state index in [9.17, 15) is 10.5 Å². The minimum absolute atomic E-state index is 0.199. The van der Waals surface area contributed by atoms with E-state index in [1.54, 1.807) is 0 Å². The molecule has 6 nitrogen and oxygen atoms in total. The molecule has 0 saturated heterocycles. The van der Waals surface area contributed by atoms with Crippen LogP contribution in [0.3, 0.4) is 0 Å². The molecule has 0 fully saturated rings. The summed E-state index contributed by atoms with van der Waals surface area (Å²) in [7, 11) is 0. The molecule has 0 amide bonds. The molecule has 2 aliphatic rings. The molecule has 6 heteroatoms. The molecule has 0 N–H and O–H groups in total. The van der Waals surface area contributed by atoms with Crippen LogP contribution in [-0.2, 0) is 10.8 Å². The van der Waals surface area contributed by atoms with Crippen molar-refractivity contribution in [3.63, 3.8) is 0 Å². The van der Waals surface area contributed by atoms with E-state index in [1.165, 1.54) is 44.5 Å². The van der Waals surface area contributed by atoms with Gasteiger partial charge >= 0.3 is 0 Å². The number of fused-ring (bicyclic) bond motifs is 13. The Bertz CT molecular complexity index is 4230. The molecule has 2 heterocycles. The van der Waals surface area contributed by atoms with Gasteiger partial charge in [0.15, 0.2) is 0 Å². The molecular weight excluding hydrogens is 905 g/mol. The van der Waals surface area contributed by atoms with E-state index >= 15 is 0 Å². The van der Waals surface area contributed by atoms with E-state index in [2.05, 4.69) is 221 Å². The molecule has 0 bridgehead atoms. The SMILES string of the molecule is Cc1cccc(N(c2ccc3c(c2)C(C)(C)c2ccccc2-3)c2cc3oc4cc5cc6oc7cc(N(c8cccc(C)c8)c8ccc9c(c8)C(C)(C)c8ccccc8-9)c(C#N)cc7c6cc5cc4c3cc2C#N)c1. The Morgan fingerprint density at radius 2 is 0.743 bits per heavy atom. The van der Waals surface area contributed by atoms with E-state index in [0.29, 0.717) is 33.5 Å². The lowest BCUT2D eigenvalue weighted by molar-refractivity contribution is 0.660. The summed E-state index contributed by atoms with van der Waals surface area (Å²) in [5.41, 5.74) is 21.2. The van der Waals surface area contributed by atoms with Crippen LogP contribution in [0.2, 0.25) is 0 Å². The Balaban J connectivity index is 0.895. The topological polar surface area (TPSA) is 80.3 Å². The van der Waals surface area contributed by atoms with Gasteiger partial charge in [-0.05, 0) is 165 Å². The van der Waals surface area contributed by atoms with Gasteiger partial charge in [-0.2, -0.15) is 10.5 Å². The van der Waals surface area contributed by atoms with E-state index < -0.39 is 0 Å². The average Bonchev–Trinajstić information content (AvgIpc) is 4.08. The molecule has 0 spiro atoms. The number of nitriles is 2. The molecule has 74 heavy (non-hydrogen) atoms. The highest BCUT2D eigenvalue weighted by molar-refractivity contribution is 6.16.